The van der Waals surface area contributed by atoms with Gasteiger partial charge in [-0.25, -0.2) is 26.3 Å². The predicted molar refractivity (Wildman–Crippen MR) is 90.3 cm³/mol. The van der Waals surface area contributed by atoms with Crippen LogP contribution in [0.1, 0.15) is 23.6 Å². The Balaban J connectivity index is 2.33. The minimum Gasteiger partial charge on any atom is -0.466 e. The zero-order chi connectivity index (χ0) is 24.4. The average Bonchev–Trinajstić information content (AvgIpc) is 2.66. The molecule has 2 aromatic carbocycles. The molecule has 0 aliphatic carbocycles. The van der Waals surface area contributed by atoms with Crippen LogP contribution in [0.5, 0.6) is 0 Å². The second-order valence-electron chi connectivity index (χ2n) is 6.25. The summed E-state index contributed by atoms with van der Waals surface area (Å²) in [6.45, 7) is 1.44. The number of hydrogen-bond acceptors (Lipinski definition) is 3. The Bertz CT molecular complexity index is 1040. The van der Waals surface area contributed by atoms with E-state index in [1.807, 2.05) is 0 Å². The number of alkyl halides is 3. The van der Waals surface area contributed by atoms with Crippen LogP contribution in [-0.2, 0) is 33.3 Å². The number of carbonyl (C=O) groups is 2. The Morgan fingerprint density at radius 3 is 1.81 bits per heavy atom. The summed E-state index contributed by atoms with van der Waals surface area (Å²) in [6, 6.07) is 1.05. The van der Waals surface area contributed by atoms with Crippen molar-refractivity contribution < 1.29 is 53.8 Å². The smallest absolute Gasteiger partial charge is 0.422 e. The van der Waals surface area contributed by atoms with E-state index in [1.54, 1.807) is 0 Å². The highest BCUT2D eigenvalue weighted by molar-refractivity contribution is 5.92. The van der Waals surface area contributed by atoms with E-state index in [-0.39, 0.29) is 6.61 Å². The number of ether oxygens (including phenoxy) is 1. The maximum absolute atomic E-state index is 14.0. The molecule has 0 unspecified atom stereocenters. The van der Waals surface area contributed by atoms with Gasteiger partial charge in [-0.05, 0) is 24.1 Å². The van der Waals surface area contributed by atoms with Gasteiger partial charge in [-0.3, -0.25) is 9.59 Å². The molecule has 1 amide bonds. The van der Waals surface area contributed by atoms with Gasteiger partial charge in [-0.1, -0.05) is 0 Å². The van der Waals surface area contributed by atoms with Gasteiger partial charge in [0.2, 0.25) is 5.91 Å². The maximum Gasteiger partial charge on any atom is 0.422 e. The van der Waals surface area contributed by atoms with E-state index in [1.165, 1.54) is 12.2 Å². The molecule has 0 atom stereocenters. The summed E-state index contributed by atoms with van der Waals surface area (Å²) in [5, 5.41) is 1.32. The molecule has 0 aliphatic rings. The first-order valence-electron chi connectivity index (χ1n) is 8.63. The molecule has 32 heavy (non-hydrogen) atoms. The van der Waals surface area contributed by atoms with Crippen molar-refractivity contribution in [3.63, 3.8) is 0 Å². The van der Waals surface area contributed by atoms with Gasteiger partial charge in [0, 0.05) is 6.07 Å². The first-order chi connectivity index (χ1) is 14.8. The molecule has 0 saturated carbocycles. The molecule has 0 aliphatic heterocycles. The van der Waals surface area contributed by atoms with Gasteiger partial charge in [-0.2, -0.15) is 13.2 Å². The second-order valence-corrected chi connectivity index (χ2v) is 6.25. The van der Waals surface area contributed by atoms with Gasteiger partial charge in [0.1, 0.15) is 22.9 Å². The first kappa shape index (κ1) is 25.0. The van der Waals surface area contributed by atoms with Crippen LogP contribution in [0.4, 0.5) is 45.2 Å². The van der Waals surface area contributed by atoms with Crippen molar-refractivity contribution in [3.8, 4) is 0 Å². The van der Waals surface area contributed by atoms with Gasteiger partial charge in [-0.15, -0.1) is 0 Å². The molecule has 13 heteroatoms. The summed E-state index contributed by atoms with van der Waals surface area (Å²) >= 11 is 0. The van der Waals surface area contributed by atoms with Crippen LogP contribution < -0.4 is 5.32 Å². The number of nitrogens with one attached hydrogen (secondary N) is 1. The number of benzene rings is 2. The van der Waals surface area contributed by atoms with E-state index in [0.717, 1.165) is 6.07 Å². The molecule has 0 saturated heterocycles. The molecular weight excluding hydrogens is 461 g/mol. The van der Waals surface area contributed by atoms with Crippen molar-refractivity contribution in [1.29, 1.82) is 0 Å². The molecule has 0 fully saturated rings. The number of carbonyl (C=O) groups excluding carboxylic acids is 2. The largest absolute Gasteiger partial charge is 0.466 e. The summed E-state index contributed by atoms with van der Waals surface area (Å²) in [7, 11) is 0. The third kappa shape index (κ3) is 5.32. The average molecular weight is 473 g/mol. The van der Waals surface area contributed by atoms with Crippen LogP contribution in [0.2, 0.25) is 0 Å². The number of halogens is 9. The van der Waals surface area contributed by atoms with E-state index < -0.39 is 88.2 Å². The highest BCUT2D eigenvalue weighted by Gasteiger charge is 2.42. The normalized spacial score (nSPS) is 11.4. The Hall–Kier alpha value is -3.25. The lowest BCUT2D eigenvalue weighted by Gasteiger charge is -2.15. The van der Waals surface area contributed by atoms with E-state index in [9.17, 15) is 49.1 Å². The Morgan fingerprint density at radius 1 is 0.844 bits per heavy atom. The van der Waals surface area contributed by atoms with Crippen LogP contribution in [0.3, 0.4) is 0 Å². The van der Waals surface area contributed by atoms with Crippen molar-refractivity contribution in [3.05, 3.63) is 63.7 Å². The molecule has 2 aromatic rings. The molecule has 1 N–H and O–H groups in total. The van der Waals surface area contributed by atoms with Crippen LogP contribution >= 0.6 is 0 Å². The quantitative estimate of drug-likeness (QED) is 0.372. The number of esters is 1. The first-order valence-corrected chi connectivity index (χ1v) is 8.63. The van der Waals surface area contributed by atoms with Crippen molar-refractivity contribution in [2.45, 2.75) is 25.9 Å². The van der Waals surface area contributed by atoms with Gasteiger partial charge in [0.25, 0.3) is 0 Å². The molecule has 4 nitrogen and oxygen atoms in total. The van der Waals surface area contributed by atoms with Crippen molar-refractivity contribution in [2.24, 2.45) is 0 Å². The van der Waals surface area contributed by atoms with E-state index >= 15 is 0 Å². The van der Waals surface area contributed by atoms with Crippen molar-refractivity contribution in [1.82, 2.24) is 0 Å². The number of hydrogen-bond donors (Lipinski definition) is 1. The summed E-state index contributed by atoms with van der Waals surface area (Å²) in [4.78, 5) is 23.5. The number of amides is 1. The van der Waals surface area contributed by atoms with Crippen LogP contribution in [0.25, 0.3) is 0 Å². The van der Waals surface area contributed by atoms with E-state index in [0.29, 0.717) is 6.07 Å². The molecule has 0 spiro atoms. The fourth-order valence-corrected chi connectivity index (χ4v) is 2.63. The van der Waals surface area contributed by atoms with Gasteiger partial charge in [0.05, 0.1) is 19.4 Å². The van der Waals surface area contributed by atoms with E-state index in [4.69, 9.17) is 0 Å². The summed E-state index contributed by atoms with van der Waals surface area (Å²) in [5.74, 6) is -15.5. The van der Waals surface area contributed by atoms with Crippen molar-refractivity contribution >= 4 is 17.6 Å². The third-order valence-corrected chi connectivity index (χ3v) is 4.02. The lowest BCUT2D eigenvalue weighted by atomic mass is 10.0. The highest BCUT2D eigenvalue weighted by Crippen LogP contribution is 2.38. The Kier molecular flexibility index (Phi) is 7.42. The van der Waals surface area contributed by atoms with Gasteiger partial charge in [0.15, 0.2) is 23.3 Å². The lowest BCUT2D eigenvalue weighted by Crippen LogP contribution is -2.21. The molecular formula is C19H12F9NO3. The maximum atomic E-state index is 14.0. The molecule has 0 radical (unpaired) electrons. The molecule has 0 bridgehead atoms. The minimum atomic E-state index is -5.77. The topological polar surface area (TPSA) is 55.4 Å². The fourth-order valence-electron chi connectivity index (χ4n) is 2.63. The Labute approximate surface area is 174 Å². The number of rotatable bonds is 6. The third-order valence-electron chi connectivity index (χ3n) is 4.02. The predicted octanol–water partition coefficient (Wildman–Crippen LogP) is 4.83. The molecule has 0 aromatic heterocycles. The SMILES string of the molecule is CCOC(=O)Cc1cc(CC(=O)Nc2c(F)c(F)c(C(F)(F)F)c(F)c2F)c(F)cc1F. The summed E-state index contributed by atoms with van der Waals surface area (Å²) in [5.41, 5.74) is -5.68. The minimum absolute atomic E-state index is 0.0334. The van der Waals surface area contributed by atoms with Crippen LogP contribution in [0.15, 0.2) is 12.1 Å². The Morgan fingerprint density at radius 2 is 1.34 bits per heavy atom. The standard InChI is InChI=1S/C19H12F9NO3/c1-2-32-12(31)5-8-3-7(9(20)6-10(8)21)4-11(30)29-18-16(24)14(22)13(19(26,27)28)15(23)17(18)25/h3,6H,2,4-5H2,1H3,(H,29,30). The molecule has 0 heterocycles. The monoisotopic (exact) mass is 473 g/mol. The number of anilines is 1. The highest BCUT2D eigenvalue weighted by atomic mass is 19.4. The zero-order valence-corrected chi connectivity index (χ0v) is 15.9. The summed E-state index contributed by atoms with van der Waals surface area (Å²) in [6.07, 6.45) is -7.50. The lowest BCUT2D eigenvalue weighted by molar-refractivity contribution is -0.143. The van der Waals surface area contributed by atoms with Crippen LogP contribution in [0, 0.1) is 34.9 Å². The van der Waals surface area contributed by atoms with Crippen LogP contribution in [-0.4, -0.2) is 18.5 Å². The fraction of sp³-hybridized carbons (Fsp3) is 0.263. The molecule has 2 rings (SSSR count). The molecule has 174 valence electrons. The van der Waals surface area contributed by atoms with Gasteiger partial charge >= 0.3 is 12.1 Å². The summed E-state index contributed by atoms with van der Waals surface area (Å²) < 4.78 is 125. The van der Waals surface area contributed by atoms with Gasteiger partial charge < -0.3 is 10.1 Å². The van der Waals surface area contributed by atoms with E-state index in [2.05, 4.69) is 4.74 Å². The second kappa shape index (κ2) is 9.49. The zero-order valence-electron chi connectivity index (χ0n) is 15.9. The van der Waals surface area contributed by atoms with Crippen molar-refractivity contribution in [2.75, 3.05) is 11.9 Å².